The summed E-state index contributed by atoms with van der Waals surface area (Å²) in [4.78, 5) is 12.0. The molecule has 1 N–H and O–H groups in total. The van der Waals surface area contributed by atoms with Crippen LogP contribution in [0.2, 0.25) is 0 Å². The molecule has 1 saturated carbocycles. The first-order chi connectivity index (χ1) is 10.2. The van der Waals surface area contributed by atoms with E-state index >= 15 is 0 Å². The third-order valence-electron chi connectivity index (χ3n) is 4.79. The molecule has 0 saturated heterocycles. The Morgan fingerprint density at radius 1 is 1.05 bits per heavy atom. The molecule has 0 amide bonds. The van der Waals surface area contributed by atoms with E-state index in [-0.39, 0.29) is 18.1 Å². The quantitative estimate of drug-likeness (QED) is 0.788. The van der Waals surface area contributed by atoms with E-state index in [0.29, 0.717) is 6.04 Å². The lowest BCUT2D eigenvalue weighted by Crippen LogP contribution is -3.00. The van der Waals surface area contributed by atoms with E-state index in [2.05, 4.69) is 23.5 Å². The van der Waals surface area contributed by atoms with Crippen molar-refractivity contribution < 1.29 is 12.4 Å². The number of aryl methyl sites for hydroxylation is 2. The van der Waals surface area contributed by atoms with Crippen molar-refractivity contribution in [2.45, 2.75) is 51.1 Å². The van der Waals surface area contributed by atoms with Crippen LogP contribution in [0.25, 0.3) is 11.0 Å². The molecule has 1 fully saturated rings. The van der Waals surface area contributed by atoms with Crippen LogP contribution in [-0.2, 0) is 20.6 Å². The molecule has 0 spiro atoms. The second-order valence-electron chi connectivity index (χ2n) is 6.29. The van der Waals surface area contributed by atoms with Crippen molar-refractivity contribution in [1.29, 1.82) is 0 Å². The second kappa shape index (κ2) is 7.34. The molecule has 5 heteroatoms. The van der Waals surface area contributed by atoms with Gasteiger partial charge in [0, 0.05) is 26.7 Å². The lowest BCUT2D eigenvalue weighted by molar-refractivity contribution is -0.00000458. The first kappa shape index (κ1) is 17.1. The fourth-order valence-corrected chi connectivity index (χ4v) is 3.41. The first-order valence-corrected chi connectivity index (χ1v) is 8.04. The number of imidazole rings is 1. The number of benzene rings is 1. The lowest BCUT2D eigenvalue weighted by Gasteiger charge is -2.16. The highest BCUT2D eigenvalue weighted by molar-refractivity contribution is 5.76. The number of rotatable bonds is 3. The molecule has 22 heavy (non-hydrogen) atoms. The third kappa shape index (κ3) is 3.39. The number of hydrogen-bond acceptors (Lipinski definition) is 2. The predicted molar refractivity (Wildman–Crippen MR) is 86.5 cm³/mol. The SMILES string of the molecule is Cn1c(=O)n(C)c2cc(CNC3CCCCCC3)ccc21.[Cl-]. The van der Waals surface area contributed by atoms with Crippen LogP contribution in [-0.4, -0.2) is 15.2 Å². The van der Waals surface area contributed by atoms with Crippen LogP contribution in [0.5, 0.6) is 0 Å². The molecule has 0 aliphatic heterocycles. The van der Waals surface area contributed by atoms with Gasteiger partial charge in [-0.15, -0.1) is 0 Å². The Kier molecular flexibility index (Phi) is 5.70. The number of aromatic nitrogens is 2. The minimum atomic E-state index is 0. The summed E-state index contributed by atoms with van der Waals surface area (Å²) in [6.45, 7) is 0.893. The summed E-state index contributed by atoms with van der Waals surface area (Å²) >= 11 is 0. The second-order valence-corrected chi connectivity index (χ2v) is 6.29. The standard InChI is InChI=1S/C17H25N3O.ClH/c1-19-15-10-9-13(11-16(15)20(2)17(19)21)12-18-14-7-5-3-4-6-8-14;/h9-11,14,18H,3-8,12H2,1-2H3;1H/p-1. The van der Waals surface area contributed by atoms with E-state index < -0.39 is 0 Å². The van der Waals surface area contributed by atoms with E-state index in [1.807, 2.05) is 14.1 Å². The Bertz CT molecular complexity index is 681. The number of nitrogens with one attached hydrogen (secondary N) is 1. The van der Waals surface area contributed by atoms with Gasteiger partial charge in [0.05, 0.1) is 11.0 Å². The molecule has 4 nitrogen and oxygen atoms in total. The average Bonchev–Trinajstić information content (AvgIpc) is 2.73. The van der Waals surface area contributed by atoms with E-state index in [1.54, 1.807) is 9.13 Å². The molecule has 3 rings (SSSR count). The van der Waals surface area contributed by atoms with Crippen LogP contribution in [0.4, 0.5) is 0 Å². The summed E-state index contributed by atoms with van der Waals surface area (Å²) in [5.74, 6) is 0. The maximum Gasteiger partial charge on any atom is 0.328 e. The zero-order chi connectivity index (χ0) is 14.8. The summed E-state index contributed by atoms with van der Waals surface area (Å²) in [6, 6.07) is 6.98. The zero-order valence-electron chi connectivity index (χ0n) is 13.4. The van der Waals surface area contributed by atoms with Crippen LogP contribution in [0.15, 0.2) is 23.0 Å². The lowest BCUT2D eigenvalue weighted by atomic mass is 10.1. The van der Waals surface area contributed by atoms with Crippen LogP contribution in [0, 0.1) is 0 Å². The number of nitrogens with zero attached hydrogens (tertiary/aromatic N) is 2. The van der Waals surface area contributed by atoms with E-state index in [1.165, 1.54) is 44.1 Å². The summed E-state index contributed by atoms with van der Waals surface area (Å²) < 4.78 is 3.43. The summed E-state index contributed by atoms with van der Waals surface area (Å²) in [5, 5.41) is 3.69. The summed E-state index contributed by atoms with van der Waals surface area (Å²) in [6.07, 6.45) is 8.07. The first-order valence-electron chi connectivity index (χ1n) is 8.04. The van der Waals surface area contributed by atoms with Crippen molar-refractivity contribution in [2.75, 3.05) is 0 Å². The summed E-state index contributed by atoms with van der Waals surface area (Å²) in [5.41, 5.74) is 3.32. The van der Waals surface area contributed by atoms with Crippen molar-refractivity contribution in [3.8, 4) is 0 Å². The maximum atomic E-state index is 12.0. The Labute approximate surface area is 137 Å². The van der Waals surface area contributed by atoms with Gasteiger partial charge in [-0.3, -0.25) is 9.13 Å². The van der Waals surface area contributed by atoms with Crippen molar-refractivity contribution in [3.05, 3.63) is 34.2 Å². The summed E-state index contributed by atoms with van der Waals surface area (Å²) in [7, 11) is 3.67. The van der Waals surface area contributed by atoms with Gasteiger partial charge in [-0.1, -0.05) is 31.7 Å². The molecule has 1 aliphatic rings. The highest BCUT2D eigenvalue weighted by Crippen LogP contribution is 2.18. The number of halogens is 1. The molecule has 0 radical (unpaired) electrons. The predicted octanol–water partition coefficient (Wildman–Crippen LogP) is -0.307. The molecule has 0 bridgehead atoms. The van der Waals surface area contributed by atoms with Crippen LogP contribution < -0.4 is 23.4 Å². The Hall–Kier alpha value is -1.26. The van der Waals surface area contributed by atoms with Gasteiger partial charge in [0.15, 0.2) is 0 Å². The van der Waals surface area contributed by atoms with Gasteiger partial charge >= 0.3 is 5.69 Å². The zero-order valence-corrected chi connectivity index (χ0v) is 14.2. The van der Waals surface area contributed by atoms with Gasteiger partial charge in [-0.2, -0.15) is 0 Å². The highest BCUT2D eigenvalue weighted by Gasteiger charge is 2.12. The third-order valence-corrected chi connectivity index (χ3v) is 4.79. The Balaban J connectivity index is 0.00000176. The topological polar surface area (TPSA) is 39.0 Å². The largest absolute Gasteiger partial charge is 1.00 e. The monoisotopic (exact) mass is 322 g/mol. The van der Waals surface area contributed by atoms with Gasteiger partial charge in [0.1, 0.15) is 0 Å². The molecule has 0 unspecified atom stereocenters. The molecule has 2 aromatic rings. The van der Waals surface area contributed by atoms with Crippen molar-refractivity contribution >= 4 is 11.0 Å². The van der Waals surface area contributed by atoms with Crippen molar-refractivity contribution in [2.24, 2.45) is 14.1 Å². The van der Waals surface area contributed by atoms with Crippen molar-refractivity contribution in [3.63, 3.8) is 0 Å². The van der Waals surface area contributed by atoms with Crippen LogP contribution in [0.1, 0.15) is 44.1 Å². The van der Waals surface area contributed by atoms with Gasteiger partial charge < -0.3 is 17.7 Å². The fraction of sp³-hybridized carbons (Fsp3) is 0.588. The molecule has 1 aliphatic carbocycles. The normalized spacial score (nSPS) is 16.5. The van der Waals surface area contributed by atoms with Gasteiger partial charge in [-0.05, 0) is 30.5 Å². The molecular formula is C17H25ClN3O-. The molecule has 1 aromatic carbocycles. The van der Waals surface area contributed by atoms with E-state index in [0.717, 1.165) is 17.6 Å². The van der Waals surface area contributed by atoms with Gasteiger partial charge in [0.25, 0.3) is 0 Å². The van der Waals surface area contributed by atoms with Gasteiger partial charge in [-0.25, -0.2) is 4.79 Å². The molecule has 0 atom stereocenters. The highest BCUT2D eigenvalue weighted by atomic mass is 35.5. The Morgan fingerprint density at radius 3 is 2.36 bits per heavy atom. The number of fused-ring (bicyclic) bond motifs is 1. The van der Waals surface area contributed by atoms with Crippen LogP contribution in [0.3, 0.4) is 0 Å². The smallest absolute Gasteiger partial charge is 0.328 e. The molecular weight excluding hydrogens is 298 g/mol. The maximum absolute atomic E-state index is 12.0. The van der Waals surface area contributed by atoms with Crippen LogP contribution >= 0.6 is 0 Å². The minimum Gasteiger partial charge on any atom is -1.00 e. The van der Waals surface area contributed by atoms with Crippen molar-refractivity contribution in [1.82, 2.24) is 14.5 Å². The Morgan fingerprint density at radius 2 is 1.68 bits per heavy atom. The van der Waals surface area contributed by atoms with Gasteiger partial charge in [0.2, 0.25) is 0 Å². The number of hydrogen-bond donors (Lipinski definition) is 1. The molecule has 122 valence electrons. The molecule has 1 heterocycles. The van der Waals surface area contributed by atoms with E-state index in [9.17, 15) is 4.79 Å². The minimum absolute atomic E-state index is 0. The average molecular weight is 323 g/mol. The van der Waals surface area contributed by atoms with E-state index in [4.69, 9.17) is 0 Å². The molecule has 1 aromatic heterocycles. The fourth-order valence-electron chi connectivity index (χ4n) is 3.41.